The van der Waals surface area contributed by atoms with Crippen molar-refractivity contribution in [2.75, 3.05) is 26.4 Å². The summed E-state index contributed by atoms with van der Waals surface area (Å²) in [5, 5.41) is 2.87. The summed E-state index contributed by atoms with van der Waals surface area (Å²) >= 11 is 0. The van der Waals surface area contributed by atoms with Crippen LogP contribution in [0.25, 0.3) is 0 Å². The van der Waals surface area contributed by atoms with Crippen molar-refractivity contribution in [1.29, 1.82) is 0 Å². The molecule has 2 aromatic rings. The SMILES string of the molecule is CCCNC(=O)[C@H](c1ccccc1)N(Cc1ccccc1)C(=O)CN(C)S(C)(=O)=O. The highest BCUT2D eigenvalue weighted by Gasteiger charge is 2.32. The van der Waals surface area contributed by atoms with Gasteiger partial charge in [-0.2, -0.15) is 4.31 Å². The van der Waals surface area contributed by atoms with E-state index in [-0.39, 0.29) is 19.0 Å². The Labute approximate surface area is 178 Å². The Morgan fingerprint density at radius 2 is 1.57 bits per heavy atom. The van der Waals surface area contributed by atoms with Gasteiger partial charge < -0.3 is 10.2 Å². The van der Waals surface area contributed by atoms with Gasteiger partial charge in [0.1, 0.15) is 6.04 Å². The standard InChI is InChI=1S/C22H29N3O4S/c1-4-15-23-22(27)21(19-13-9-6-10-14-19)25(16-18-11-7-5-8-12-18)20(26)17-24(2)30(3,28)29/h5-14,21H,4,15-17H2,1-3H3,(H,23,27)/t21-/m0/s1. The first kappa shape index (κ1) is 23.6. The lowest BCUT2D eigenvalue weighted by Crippen LogP contribution is -2.47. The van der Waals surface area contributed by atoms with Gasteiger partial charge in [0.15, 0.2) is 0 Å². The summed E-state index contributed by atoms with van der Waals surface area (Å²) in [5.41, 5.74) is 1.51. The Balaban J connectivity index is 2.45. The normalized spacial score (nSPS) is 12.4. The van der Waals surface area contributed by atoms with Gasteiger partial charge in [-0.3, -0.25) is 9.59 Å². The summed E-state index contributed by atoms with van der Waals surface area (Å²) in [4.78, 5) is 27.8. The number of hydrogen-bond donors (Lipinski definition) is 1. The minimum absolute atomic E-state index is 0.177. The fraction of sp³-hybridized carbons (Fsp3) is 0.364. The van der Waals surface area contributed by atoms with Gasteiger partial charge >= 0.3 is 0 Å². The number of nitrogens with zero attached hydrogens (tertiary/aromatic N) is 2. The molecule has 0 unspecified atom stereocenters. The van der Waals surface area contributed by atoms with E-state index < -0.39 is 22.0 Å². The van der Waals surface area contributed by atoms with Gasteiger partial charge in [-0.25, -0.2) is 8.42 Å². The smallest absolute Gasteiger partial charge is 0.247 e. The molecule has 30 heavy (non-hydrogen) atoms. The van der Waals surface area contributed by atoms with Crippen LogP contribution in [0, 0.1) is 0 Å². The number of amides is 2. The van der Waals surface area contributed by atoms with Crippen LogP contribution in [-0.4, -0.2) is 55.8 Å². The van der Waals surface area contributed by atoms with Crippen LogP contribution in [-0.2, 0) is 26.2 Å². The summed E-state index contributed by atoms with van der Waals surface area (Å²) < 4.78 is 24.7. The highest BCUT2D eigenvalue weighted by molar-refractivity contribution is 7.88. The summed E-state index contributed by atoms with van der Waals surface area (Å²) in [5.74, 6) is -0.749. The van der Waals surface area contributed by atoms with Crippen LogP contribution in [0.4, 0.5) is 0 Å². The van der Waals surface area contributed by atoms with E-state index in [1.54, 1.807) is 12.1 Å². The molecule has 0 saturated heterocycles. The number of carbonyl (C=O) groups is 2. The van der Waals surface area contributed by atoms with Crippen LogP contribution >= 0.6 is 0 Å². The van der Waals surface area contributed by atoms with E-state index in [4.69, 9.17) is 0 Å². The molecule has 2 rings (SSSR count). The van der Waals surface area contributed by atoms with Crippen LogP contribution in [0.5, 0.6) is 0 Å². The number of likely N-dealkylation sites (N-methyl/N-ethyl adjacent to an activating group) is 1. The molecular formula is C22H29N3O4S. The van der Waals surface area contributed by atoms with Crippen LogP contribution in [0.1, 0.15) is 30.5 Å². The molecule has 0 aliphatic carbocycles. The maximum Gasteiger partial charge on any atom is 0.247 e. The second kappa shape index (κ2) is 10.9. The lowest BCUT2D eigenvalue weighted by molar-refractivity contribution is -0.141. The predicted molar refractivity (Wildman–Crippen MR) is 117 cm³/mol. The van der Waals surface area contributed by atoms with Crippen LogP contribution in [0.3, 0.4) is 0 Å². The highest BCUT2D eigenvalue weighted by Crippen LogP contribution is 2.24. The van der Waals surface area contributed by atoms with E-state index in [1.165, 1.54) is 11.9 Å². The Hall–Kier alpha value is -2.71. The third kappa shape index (κ3) is 6.67. The number of hydrogen-bond acceptors (Lipinski definition) is 4. The maximum atomic E-state index is 13.2. The molecule has 0 spiro atoms. The van der Waals surface area contributed by atoms with Gasteiger partial charge in [0.05, 0.1) is 12.8 Å². The molecule has 0 fully saturated rings. The first-order valence-electron chi connectivity index (χ1n) is 9.81. The lowest BCUT2D eigenvalue weighted by atomic mass is 10.0. The van der Waals surface area contributed by atoms with Gasteiger partial charge in [0.2, 0.25) is 21.8 Å². The second-order valence-electron chi connectivity index (χ2n) is 7.13. The molecule has 1 N–H and O–H groups in total. The van der Waals surface area contributed by atoms with E-state index in [0.29, 0.717) is 12.1 Å². The largest absolute Gasteiger partial charge is 0.354 e. The van der Waals surface area contributed by atoms with Gasteiger partial charge in [0, 0.05) is 20.1 Å². The average molecular weight is 432 g/mol. The summed E-state index contributed by atoms with van der Waals surface area (Å²) in [6, 6.07) is 17.5. The van der Waals surface area contributed by atoms with Crippen molar-refractivity contribution in [3.8, 4) is 0 Å². The highest BCUT2D eigenvalue weighted by atomic mass is 32.2. The Bertz CT molecular complexity index is 933. The predicted octanol–water partition coefficient (Wildman–Crippen LogP) is 2.17. The minimum Gasteiger partial charge on any atom is -0.354 e. The van der Waals surface area contributed by atoms with Crippen molar-refractivity contribution in [2.45, 2.75) is 25.9 Å². The maximum absolute atomic E-state index is 13.2. The number of sulfonamides is 1. The van der Waals surface area contributed by atoms with Crippen LogP contribution < -0.4 is 5.32 Å². The summed E-state index contributed by atoms with van der Waals surface area (Å²) in [7, 11) is -2.19. The molecule has 0 aliphatic heterocycles. The van der Waals surface area contributed by atoms with Crippen molar-refractivity contribution in [3.63, 3.8) is 0 Å². The molecule has 7 nitrogen and oxygen atoms in total. The Morgan fingerprint density at radius 3 is 2.10 bits per heavy atom. The first-order valence-corrected chi connectivity index (χ1v) is 11.7. The van der Waals surface area contributed by atoms with Gasteiger partial charge in [-0.1, -0.05) is 67.6 Å². The van der Waals surface area contributed by atoms with Crippen molar-refractivity contribution >= 4 is 21.8 Å². The fourth-order valence-electron chi connectivity index (χ4n) is 2.96. The minimum atomic E-state index is -3.54. The molecule has 1 atom stereocenters. The molecule has 0 aromatic heterocycles. The summed E-state index contributed by atoms with van der Waals surface area (Å²) in [6.45, 7) is 2.26. The molecule has 0 bridgehead atoms. The first-order chi connectivity index (χ1) is 14.2. The molecule has 0 aliphatic rings. The molecule has 0 radical (unpaired) electrons. The van der Waals surface area contributed by atoms with Gasteiger partial charge in [0.25, 0.3) is 0 Å². The number of rotatable bonds is 10. The van der Waals surface area contributed by atoms with Crippen molar-refractivity contribution < 1.29 is 18.0 Å². The molecule has 0 saturated carbocycles. The fourth-order valence-corrected chi connectivity index (χ4v) is 3.30. The van der Waals surface area contributed by atoms with Gasteiger partial charge in [-0.15, -0.1) is 0 Å². The van der Waals surface area contributed by atoms with E-state index in [2.05, 4.69) is 5.32 Å². The van der Waals surface area contributed by atoms with Crippen molar-refractivity contribution in [1.82, 2.24) is 14.5 Å². The van der Waals surface area contributed by atoms with Crippen LogP contribution in [0.15, 0.2) is 60.7 Å². The zero-order valence-electron chi connectivity index (χ0n) is 17.6. The number of benzene rings is 2. The van der Waals surface area contributed by atoms with E-state index >= 15 is 0 Å². The molecule has 162 valence electrons. The van der Waals surface area contributed by atoms with E-state index in [9.17, 15) is 18.0 Å². The van der Waals surface area contributed by atoms with Crippen molar-refractivity contribution in [3.05, 3.63) is 71.8 Å². The number of carbonyl (C=O) groups excluding carboxylic acids is 2. The van der Waals surface area contributed by atoms with Crippen LogP contribution in [0.2, 0.25) is 0 Å². The Kier molecular flexibility index (Phi) is 8.56. The van der Waals surface area contributed by atoms with E-state index in [0.717, 1.165) is 22.5 Å². The molecule has 0 heterocycles. The van der Waals surface area contributed by atoms with Gasteiger partial charge in [-0.05, 0) is 17.5 Å². The molecule has 2 amide bonds. The quantitative estimate of drug-likeness (QED) is 0.625. The van der Waals surface area contributed by atoms with Crippen molar-refractivity contribution in [2.24, 2.45) is 0 Å². The molecule has 2 aromatic carbocycles. The molecular weight excluding hydrogens is 402 g/mol. The number of nitrogens with one attached hydrogen (secondary N) is 1. The lowest BCUT2D eigenvalue weighted by Gasteiger charge is -2.32. The zero-order valence-corrected chi connectivity index (χ0v) is 18.4. The Morgan fingerprint density at radius 1 is 1.00 bits per heavy atom. The second-order valence-corrected chi connectivity index (χ2v) is 9.22. The average Bonchev–Trinajstić information content (AvgIpc) is 2.72. The third-order valence-electron chi connectivity index (χ3n) is 4.66. The zero-order chi connectivity index (χ0) is 22.1. The topological polar surface area (TPSA) is 86.8 Å². The monoisotopic (exact) mass is 431 g/mol. The molecule has 8 heteroatoms. The summed E-state index contributed by atoms with van der Waals surface area (Å²) in [6.07, 6.45) is 1.81. The van der Waals surface area contributed by atoms with E-state index in [1.807, 2.05) is 55.5 Å². The third-order valence-corrected chi connectivity index (χ3v) is 5.93.